The van der Waals surface area contributed by atoms with Crippen molar-refractivity contribution in [1.29, 1.82) is 0 Å². The molecule has 0 bridgehead atoms. The highest BCUT2D eigenvalue weighted by molar-refractivity contribution is 9.10. The maximum atomic E-state index is 13.5. The number of alkyl halides is 1. The molecule has 0 aromatic heterocycles. The zero-order valence-corrected chi connectivity index (χ0v) is 15.2. The van der Waals surface area contributed by atoms with E-state index in [2.05, 4.69) is 31.9 Å². The van der Waals surface area contributed by atoms with Crippen LogP contribution in [0.1, 0.15) is 16.0 Å². The summed E-state index contributed by atoms with van der Waals surface area (Å²) in [5.74, 6) is 0.795. The molecule has 0 amide bonds. The molecule has 1 atom stereocenters. The Kier molecular flexibility index (Phi) is 5.52. The fourth-order valence-electron chi connectivity index (χ4n) is 1.97. The van der Waals surface area contributed by atoms with Crippen molar-refractivity contribution in [3.8, 4) is 11.5 Å². The third kappa shape index (κ3) is 3.71. The van der Waals surface area contributed by atoms with Gasteiger partial charge in [-0.2, -0.15) is 0 Å². The number of ether oxygens (including phenoxy) is 2. The molecule has 0 saturated carbocycles. The molecule has 0 N–H and O–H groups in total. The third-order valence-corrected chi connectivity index (χ3v) is 4.76. The summed E-state index contributed by atoms with van der Waals surface area (Å²) < 4.78 is 24.7. The molecular formula is C15H12Br2ClFO2. The number of methoxy groups -OCH3 is 2. The van der Waals surface area contributed by atoms with Crippen LogP contribution < -0.4 is 9.47 Å². The molecule has 0 aliphatic carbocycles. The van der Waals surface area contributed by atoms with E-state index in [-0.39, 0.29) is 10.6 Å². The Morgan fingerprint density at radius 2 is 1.67 bits per heavy atom. The summed E-state index contributed by atoms with van der Waals surface area (Å²) >= 11 is 13.1. The molecule has 21 heavy (non-hydrogen) atoms. The van der Waals surface area contributed by atoms with Gasteiger partial charge in [0, 0.05) is 15.6 Å². The van der Waals surface area contributed by atoms with Gasteiger partial charge in [-0.05, 0) is 35.4 Å². The molecule has 2 aromatic carbocycles. The van der Waals surface area contributed by atoms with Gasteiger partial charge in [0.15, 0.2) is 11.5 Å². The Hall–Kier alpha value is -0.780. The summed E-state index contributed by atoms with van der Waals surface area (Å²) in [4.78, 5) is -0.267. The normalized spacial score (nSPS) is 12.1. The average Bonchev–Trinajstić information content (AvgIpc) is 2.45. The zero-order chi connectivity index (χ0) is 15.6. The number of rotatable bonds is 4. The SMILES string of the molecule is COc1cc(Cl)c(C(Br)c2cc(F)cc(Br)c2)cc1OC. The second-order valence-corrected chi connectivity index (χ2v) is 6.53. The fourth-order valence-corrected chi connectivity index (χ4v) is 3.49. The Balaban J connectivity index is 2.49. The second kappa shape index (κ2) is 6.99. The molecule has 0 spiro atoms. The van der Waals surface area contributed by atoms with Gasteiger partial charge in [-0.1, -0.05) is 43.5 Å². The Labute approximate surface area is 144 Å². The van der Waals surface area contributed by atoms with Crippen LogP contribution >= 0.6 is 43.5 Å². The van der Waals surface area contributed by atoms with E-state index >= 15 is 0 Å². The molecule has 0 heterocycles. The molecule has 0 radical (unpaired) electrons. The summed E-state index contributed by atoms with van der Waals surface area (Å²) in [7, 11) is 3.10. The van der Waals surface area contributed by atoms with Crippen LogP contribution in [0, 0.1) is 5.82 Å². The minimum atomic E-state index is -0.319. The Morgan fingerprint density at radius 1 is 1.05 bits per heavy atom. The quantitative estimate of drug-likeness (QED) is 0.567. The van der Waals surface area contributed by atoms with Crippen molar-refractivity contribution in [3.05, 3.63) is 56.8 Å². The van der Waals surface area contributed by atoms with E-state index in [0.717, 1.165) is 11.1 Å². The van der Waals surface area contributed by atoms with Crippen molar-refractivity contribution in [2.45, 2.75) is 4.83 Å². The van der Waals surface area contributed by atoms with E-state index in [0.29, 0.717) is 21.0 Å². The van der Waals surface area contributed by atoms with Crippen molar-refractivity contribution in [1.82, 2.24) is 0 Å². The lowest BCUT2D eigenvalue weighted by Gasteiger charge is -2.16. The number of hydrogen-bond acceptors (Lipinski definition) is 2. The average molecular weight is 439 g/mol. The Bertz CT molecular complexity index is 644. The highest BCUT2D eigenvalue weighted by Gasteiger charge is 2.18. The molecule has 0 saturated heterocycles. The summed E-state index contributed by atoms with van der Waals surface area (Å²) in [5, 5.41) is 0.509. The van der Waals surface area contributed by atoms with Crippen molar-refractivity contribution < 1.29 is 13.9 Å². The number of benzene rings is 2. The maximum absolute atomic E-state index is 13.5. The minimum absolute atomic E-state index is 0.267. The van der Waals surface area contributed by atoms with Crippen LogP contribution in [0.4, 0.5) is 4.39 Å². The standard InChI is InChI=1S/C15H12Br2ClFO2/c1-20-13-6-11(12(18)7-14(13)21-2)15(17)8-3-9(16)5-10(19)4-8/h3-7,15H,1-2H3. The van der Waals surface area contributed by atoms with Crippen LogP contribution in [-0.4, -0.2) is 14.2 Å². The van der Waals surface area contributed by atoms with E-state index in [1.165, 1.54) is 12.1 Å². The molecule has 2 rings (SSSR count). The van der Waals surface area contributed by atoms with Gasteiger partial charge in [-0.25, -0.2) is 4.39 Å². The first-order valence-electron chi connectivity index (χ1n) is 5.97. The highest BCUT2D eigenvalue weighted by Crippen LogP contribution is 2.41. The molecule has 2 nitrogen and oxygen atoms in total. The van der Waals surface area contributed by atoms with E-state index in [1.807, 2.05) is 6.07 Å². The predicted molar refractivity (Wildman–Crippen MR) is 89.4 cm³/mol. The molecule has 0 aliphatic rings. The van der Waals surface area contributed by atoms with Crippen LogP contribution in [0.2, 0.25) is 5.02 Å². The summed E-state index contributed by atoms with van der Waals surface area (Å²) in [6, 6.07) is 8.14. The molecule has 1 unspecified atom stereocenters. The highest BCUT2D eigenvalue weighted by atomic mass is 79.9. The topological polar surface area (TPSA) is 18.5 Å². The van der Waals surface area contributed by atoms with Crippen LogP contribution in [0.15, 0.2) is 34.8 Å². The minimum Gasteiger partial charge on any atom is -0.493 e. The number of halogens is 4. The summed E-state index contributed by atoms with van der Waals surface area (Å²) in [5.41, 5.74) is 1.52. The van der Waals surface area contributed by atoms with Gasteiger partial charge in [0.2, 0.25) is 0 Å². The van der Waals surface area contributed by atoms with E-state index < -0.39 is 0 Å². The van der Waals surface area contributed by atoms with Crippen LogP contribution in [-0.2, 0) is 0 Å². The van der Waals surface area contributed by atoms with Crippen molar-refractivity contribution in [3.63, 3.8) is 0 Å². The van der Waals surface area contributed by atoms with Gasteiger partial charge in [0.05, 0.1) is 19.0 Å². The van der Waals surface area contributed by atoms with Crippen molar-refractivity contribution in [2.24, 2.45) is 0 Å². The first-order valence-corrected chi connectivity index (χ1v) is 8.06. The lowest BCUT2D eigenvalue weighted by atomic mass is 10.0. The summed E-state index contributed by atoms with van der Waals surface area (Å²) in [6.45, 7) is 0. The van der Waals surface area contributed by atoms with Gasteiger partial charge in [-0.3, -0.25) is 0 Å². The number of hydrogen-bond donors (Lipinski definition) is 0. The fraction of sp³-hybridized carbons (Fsp3) is 0.200. The zero-order valence-electron chi connectivity index (χ0n) is 11.3. The molecule has 0 aliphatic heterocycles. The second-order valence-electron chi connectivity index (χ2n) is 4.29. The van der Waals surface area contributed by atoms with Gasteiger partial charge in [0.1, 0.15) is 5.82 Å². The lowest BCUT2D eigenvalue weighted by molar-refractivity contribution is 0.354. The van der Waals surface area contributed by atoms with E-state index in [9.17, 15) is 4.39 Å². The first kappa shape index (κ1) is 16.6. The summed E-state index contributed by atoms with van der Waals surface area (Å²) in [6.07, 6.45) is 0. The first-order chi connectivity index (χ1) is 9.96. The lowest BCUT2D eigenvalue weighted by Crippen LogP contribution is -1.98. The molecule has 6 heteroatoms. The molecule has 0 fully saturated rings. The van der Waals surface area contributed by atoms with Gasteiger partial charge in [-0.15, -0.1) is 0 Å². The molecule has 112 valence electrons. The van der Waals surface area contributed by atoms with Gasteiger partial charge in [0.25, 0.3) is 0 Å². The van der Waals surface area contributed by atoms with Crippen molar-refractivity contribution in [2.75, 3.05) is 14.2 Å². The molecular weight excluding hydrogens is 426 g/mol. The third-order valence-electron chi connectivity index (χ3n) is 2.95. The largest absolute Gasteiger partial charge is 0.493 e. The smallest absolute Gasteiger partial charge is 0.162 e. The molecule has 2 aromatic rings. The van der Waals surface area contributed by atoms with Gasteiger partial charge >= 0.3 is 0 Å². The maximum Gasteiger partial charge on any atom is 0.162 e. The monoisotopic (exact) mass is 436 g/mol. The van der Waals surface area contributed by atoms with Crippen LogP contribution in [0.3, 0.4) is 0 Å². The van der Waals surface area contributed by atoms with E-state index in [1.54, 1.807) is 26.4 Å². The predicted octanol–water partition coefficient (Wildman–Crippen LogP) is 5.74. The van der Waals surface area contributed by atoms with Crippen molar-refractivity contribution >= 4 is 43.5 Å². The van der Waals surface area contributed by atoms with Crippen LogP contribution in [0.25, 0.3) is 0 Å². The van der Waals surface area contributed by atoms with E-state index in [4.69, 9.17) is 21.1 Å². The van der Waals surface area contributed by atoms with Crippen LogP contribution in [0.5, 0.6) is 11.5 Å². The van der Waals surface area contributed by atoms with Gasteiger partial charge < -0.3 is 9.47 Å². The Morgan fingerprint density at radius 3 is 2.24 bits per heavy atom.